The van der Waals surface area contributed by atoms with Crippen LogP contribution in [-0.4, -0.2) is 24.4 Å². The highest BCUT2D eigenvalue weighted by Crippen LogP contribution is 2.13. The number of benzene rings is 2. The number of anilines is 1. The molecule has 0 amide bonds. The maximum atomic E-state index is 13.1. The molecule has 0 aliphatic heterocycles. The summed E-state index contributed by atoms with van der Waals surface area (Å²) in [7, 11) is 0. The summed E-state index contributed by atoms with van der Waals surface area (Å²) in [5, 5.41) is 12.9. The smallest absolute Gasteiger partial charge is 0.126 e. The van der Waals surface area contributed by atoms with Gasteiger partial charge in [-0.1, -0.05) is 30.3 Å². The first-order chi connectivity index (χ1) is 10.1. The molecule has 0 heterocycles. The maximum Gasteiger partial charge on any atom is 0.126 e. The summed E-state index contributed by atoms with van der Waals surface area (Å²) in [4.78, 5) is 0. The van der Waals surface area contributed by atoms with Gasteiger partial charge in [0.1, 0.15) is 5.82 Å². The first kappa shape index (κ1) is 15.5. The standard InChI is InChI=1S/C17H20FNO2/c1-13-9-15(7-8-17(13)18)19-10-16(20)12-21-11-14-5-3-2-4-6-14/h2-9,16,19-20H,10-12H2,1H3. The molecule has 0 aromatic heterocycles. The van der Waals surface area contributed by atoms with Crippen LogP contribution in [0.25, 0.3) is 0 Å². The predicted molar refractivity (Wildman–Crippen MR) is 81.7 cm³/mol. The van der Waals surface area contributed by atoms with E-state index in [1.165, 1.54) is 6.07 Å². The predicted octanol–water partition coefficient (Wildman–Crippen LogP) is 3.12. The first-order valence-corrected chi connectivity index (χ1v) is 6.95. The first-order valence-electron chi connectivity index (χ1n) is 6.95. The van der Waals surface area contributed by atoms with Crippen molar-refractivity contribution in [3.63, 3.8) is 0 Å². The van der Waals surface area contributed by atoms with E-state index in [0.717, 1.165) is 11.3 Å². The van der Waals surface area contributed by atoms with Crippen LogP contribution in [0, 0.1) is 12.7 Å². The molecule has 0 bridgehead atoms. The van der Waals surface area contributed by atoms with Gasteiger partial charge < -0.3 is 15.2 Å². The summed E-state index contributed by atoms with van der Waals surface area (Å²) >= 11 is 0. The molecule has 2 aromatic rings. The van der Waals surface area contributed by atoms with Gasteiger partial charge >= 0.3 is 0 Å². The van der Waals surface area contributed by atoms with Crippen molar-refractivity contribution < 1.29 is 14.2 Å². The van der Waals surface area contributed by atoms with Crippen molar-refractivity contribution in [3.8, 4) is 0 Å². The fraction of sp³-hybridized carbons (Fsp3) is 0.294. The molecule has 21 heavy (non-hydrogen) atoms. The number of nitrogens with one attached hydrogen (secondary N) is 1. The Morgan fingerprint density at radius 2 is 1.95 bits per heavy atom. The minimum absolute atomic E-state index is 0.229. The van der Waals surface area contributed by atoms with Crippen molar-refractivity contribution in [2.75, 3.05) is 18.5 Å². The van der Waals surface area contributed by atoms with Crippen LogP contribution in [0.15, 0.2) is 48.5 Å². The zero-order valence-electron chi connectivity index (χ0n) is 12.1. The highest BCUT2D eigenvalue weighted by molar-refractivity contribution is 5.45. The van der Waals surface area contributed by atoms with Gasteiger partial charge in [0.05, 0.1) is 19.3 Å². The molecule has 4 heteroatoms. The Balaban J connectivity index is 1.69. The quantitative estimate of drug-likeness (QED) is 0.823. The number of hydrogen-bond acceptors (Lipinski definition) is 3. The Hall–Kier alpha value is -1.91. The van der Waals surface area contributed by atoms with E-state index in [-0.39, 0.29) is 12.4 Å². The molecule has 0 spiro atoms. The van der Waals surface area contributed by atoms with E-state index >= 15 is 0 Å². The summed E-state index contributed by atoms with van der Waals surface area (Å²) in [6.45, 7) is 2.80. The molecule has 2 aromatic carbocycles. The highest BCUT2D eigenvalue weighted by atomic mass is 19.1. The van der Waals surface area contributed by atoms with E-state index in [1.807, 2.05) is 30.3 Å². The number of ether oxygens (including phenoxy) is 1. The van der Waals surface area contributed by atoms with E-state index in [9.17, 15) is 9.50 Å². The van der Waals surface area contributed by atoms with Crippen LogP contribution in [0.2, 0.25) is 0 Å². The molecule has 3 nitrogen and oxygen atoms in total. The van der Waals surface area contributed by atoms with Crippen LogP contribution in [0.3, 0.4) is 0 Å². The van der Waals surface area contributed by atoms with Crippen LogP contribution in [0.5, 0.6) is 0 Å². The molecule has 0 aliphatic rings. The van der Waals surface area contributed by atoms with E-state index in [2.05, 4.69) is 5.32 Å². The van der Waals surface area contributed by atoms with Crippen molar-refractivity contribution >= 4 is 5.69 Å². The van der Waals surface area contributed by atoms with E-state index < -0.39 is 6.10 Å². The number of halogens is 1. The fourth-order valence-electron chi connectivity index (χ4n) is 1.94. The average molecular weight is 289 g/mol. The molecule has 112 valence electrons. The van der Waals surface area contributed by atoms with Crippen LogP contribution >= 0.6 is 0 Å². The third-order valence-electron chi connectivity index (χ3n) is 3.12. The number of aryl methyl sites for hydroxylation is 1. The molecule has 0 radical (unpaired) electrons. The van der Waals surface area contributed by atoms with Gasteiger partial charge in [0.25, 0.3) is 0 Å². The van der Waals surface area contributed by atoms with E-state index in [4.69, 9.17) is 4.74 Å². The molecule has 2 rings (SSSR count). The second-order valence-corrected chi connectivity index (χ2v) is 5.00. The molecule has 0 aliphatic carbocycles. The van der Waals surface area contributed by atoms with Gasteiger partial charge in [-0.2, -0.15) is 0 Å². The minimum atomic E-state index is -0.612. The molecular formula is C17H20FNO2. The van der Waals surface area contributed by atoms with Crippen molar-refractivity contribution in [3.05, 3.63) is 65.5 Å². The van der Waals surface area contributed by atoms with Crippen molar-refractivity contribution in [1.82, 2.24) is 0 Å². The zero-order valence-corrected chi connectivity index (χ0v) is 12.1. The topological polar surface area (TPSA) is 41.5 Å². The lowest BCUT2D eigenvalue weighted by molar-refractivity contribution is 0.0348. The Morgan fingerprint density at radius 3 is 2.67 bits per heavy atom. The van der Waals surface area contributed by atoms with Crippen LogP contribution in [0.4, 0.5) is 10.1 Å². The van der Waals surface area contributed by atoms with Crippen LogP contribution < -0.4 is 5.32 Å². The number of rotatable bonds is 7. The Morgan fingerprint density at radius 1 is 1.19 bits per heavy atom. The number of aliphatic hydroxyl groups is 1. The van der Waals surface area contributed by atoms with Crippen molar-refractivity contribution in [2.24, 2.45) is 0 Å². The average Bonchev–Trinajstić information content (AvgIpc) is 2.49. The van der Waals surface area contributed by atoms with Gasteiger partial charge in [-0.15, -0.1) is 0 Å². The lowest BCUT2D eigenvalue weighted by atomic mass is 10.2. The third-order valence-corrected chi connectivity index (χ3v) is 3.12. The Kier molecular flexibility index (Phi) is 5.72. The summed E-state index contributed by atoms with van der Waals surface area (Å²) in [5.74, 6) is -0.229. The summed E-state index contributed by atoms with van der Waals surface area (Å²) in [6, 6.07) is 14.6. The van der Waals surface area contributed by atoms with Crippen LogP contribution in [-0.2, 0) is 11.3 Å². The largest absolute Gasteiger partial charge is 0.389 e. The summed E-state index contributed by atoms with van der Waals surface area (Å²) in [6.07, 6.45) is -0.612. The zero-order chi connectivity index (χ0) is 15.1. The van der Waals surface area contributed by atoms with Crippen molar-refractivity contribution in [2.45, 2.75) is 19.6 Å². The highest BCUT2D eigenvalue weighted by Gasteiger charge is 2.05. The molecule has 2 N–H and O–H groups in total. The normalized spacial score (nSPS) is 12.1. The fourth-order valence-corrected chi connectivity index (χ4v) is 1.94. The van der Waals surface area contributed by atoms with Gasteiger partial charge in [0, 0.05) is 12.2 Å². The maximum absolute atomic E-state index is 13.1. The summed E-state index contributed by atoms with van der Waals surface area (Å²) < 4.78 is 18.6. The third kappa shape index (κ3) is 5.17. The van der Waals surface area contributed by atoms with Gasteiger partial charge in [0.2, 0.25) is 0 Å². The van der Waals surface area contributed by atoms with Gasteiger partial charge in [-0.25, -0.2) is 4.39 Å². The van der Waals surface area contributed by atoms with E-state index in [0.29, 0.717) is 18.7 Å². The number of hydrogen-bond donors (Lipinski definition) is 2. The monoisotopic (exact) mass is 289 g/mol. The minimum Gasteiger partial charge on any atom is -0.389 e. The summed E-state index contributed by atoms with van der Waals surface area (Å²) in [5.41, 5.74) is 2.44. The molecule has 1 unspecified atom stereocenters. The molecule has 0 saturated heterocycles. The molecule has 0 saturated carbocycles. The molecular weight excluding hydrogens is 269 g/mol. The van der Waals surface area contributed by atoms with E-state index in [1.54, 1.807) is 19.1 Å². The van der Waals surface area contributed by atoms with Crippen molar-refractivity contribution in [1.29, 1.82) is 0 Å². The van der Waals surface area contributed by atoms with Gasteiger partial charge in [-0.05, 0) is 36.2 Å². The molecule has 1 atom stereocenters. The number of aliphatic hydroxyl groups excluding tert-OH is 1. The lowest BCUT2D eigenvalue weighted by Gasteiger charge is -2.14. The Labute approximate surface area is 124 Å². The Bertz CT molecular complexity index is 560. The SMILES string of the molecule is Cc1cc(NCC(O)COCc2ccccc2)ccc1F. The second-order valence-electron chi connectivity index (χ2n) is 5.00. The second kappa shape index (κ2) is 7.76. The lowest BCUT2D eigenvalue weighted by Crippen LogP contribution is -2.24. The van der Waals surface area contributed by atoms with Gasteiger partial charge in [0.15, 0.2) is 0 Å². The molecule has 0 fully saturated rings. The van der Waals surface area contributed by atoms with Gasteiger partial charge in [-0.3, -0.25) is 0 Å². The van der Waals surface area contributed by atoms with Crippen LogP contribution in [0.1, 0.15) is 11.1 Å².